The molecule has 6 nitrogen and oxygen atoms in total. The van der Waals surface area contributed by atoms with Crippen LogP contribution in [-0.4, -0.2) is 25.5 Å². The number of hydrogen-bond donors (Lipinski definition) is 1. The molecule has 3 rings (SSSR count). The monoisotopic (exact) mass is 465 g/mol. The van der Waals surface area contributed by atoms with Crippen molar-refractivity contribution in [1.29, 1.82) is 0 Å². The number of anilines is 1. The summed E-state index contributed by atoms with van der Waals surface area (Å²) in [6.45, 7) is 2.06. The summed E-state index contributed by atoms with van der Waals surface area (Å²) in [5.74, 6) is -0.724. The normalized spacial score (nSPS) is 11.7. The molecule has 154 valence electrons. The molecule has 0 unspecified atom stereocenters. The Labute approximate surface area is 178 Å². The summed E-state index contributed by atoms with van der Waals surface area (Å²) in [5.41, 5.74) is -0.305. The smallest absolute Gasteiger partial charge is 0.304 e. The first kappa shape index (κ1) is 21.5. The molecule has 0 aliphatic rings. The third-order valence-electron chi connectivity index (χ3n) is 4.03. The molecule has 1 aromatic carbocycles. The number of nitrogens with one attached hydrogen (secondary N) is 1. The molecular weight excluding hydrogens is 454 g/mol. The van der Waals surface area contributed by atoms with E-state index in [1.54, 1.807) is 35.9 Å². The topological polar surface area (TPSA) is 64.7 Å². The highest BCUT2D eigenvalue weighted by Crippen LogP contribution is 2.35. The van der Waals surface area contributed by atoms with Crippen LogP contribution in [-0.2, 0) is 19.8 Å². The van der Waals surface area contributed by atoms with Gasteiger partial charge in [0.05, 0.1) is 6.54 Å². The fourth-order valence-electron chi connectivity index (χ4n) is 2.64. The molecule has 12 heteroatoms. The van der Waals surface area contributed by atoms with Crippen LogP contribution in [0.5, 0.6) is 0 Å². The molecule has 2 heterocycles. The van der Waals surface area contributed by atoms with Gasteiger partial charge in [-0.25, -0.2) is 0 Å². The lowest BCUT2D eigenvalue weighted by atomic mass is 10.2. The summed E-state index contributed by atoms with van der Waals surface area (Å²) >= 11 is 17.8. The van der Waals surface area contributed by atoms with Gasteiger partial charge in [0.2, 0.25) is 0 Å². The van der Waals surface area contributed by atoms with Crippen molar-refractivity contribution in [3.8, 4) is 0 Å². The molecule has 0 bridgehead atoms. The number of carbonyl (C=O) groups excluding carboxylic acids is 1. The number of alkyl halides is 3. The van der Waals surface area contributed by atoms with E-state index in [2.05, 4.69) is 15.5 Å². The molecule has 0 aliphatic heterocycles. The van der Waals surface area contributed by atoms with E-state index >= 15 is 0 Å². The fourth-order valence-corrected chi connectivity index (χ4v) is 3.47. The van der Waals surface area contributed by atoms with Gasteiger partial charge in [0, 0.05) is 28.9 Å². The van der Waals surface area contributed by atoms with Crippen LogP contribution in [0.2, 0.25) is 15.1 Å². The zero-order valence-electron chi connectivity index (χ0n) is 15.0. The lowest BCUT2D eigenvalue weighted by Gasteiger charge is -2.07. The van der Waals surface area contributed by atoms with Crippen molar-refractivity contribution in [1.82, 2.24) is 19.6 Å². The van der Waals surface area contributed by atoms with E-state index in [1.165, 1.54) is 7.05 Å². The molecule has 0 radical (unpaired) electrons. The predicted molar refractivity (Wildman–Crippen MR) is 104 cm³/mol. The van der Waals surface area contributed by atoms with Crippen LogP contribution in [0.3, 0.4) is 0 Å². The summed E-state index contributed by atoms with van der Waals surface area (Å²) in [6.07, 6.45) is -4.77. The Kier molecular flexibility index (Phi) is 5.84. The second kappa shape index (κ2) is 7.89. The van der Waals surface area contributed by atoms with Gasteiger partial charge in [-0.1, -0.05) is 40.9 Å². The van der Waals surface area contributed by atoms with Gasteiger partial charge in [-0.15, -0.1) is 0 Å². The Morgan fingerprint density at radius 3 is 2.45 bits per heavy atom. The van der Waals surface area contributed by atoms with E-state index in [0.717, 1.165) is 10.2 Å². The van der Waals surface area contributed by atoms with Gasteiger partial charge in [-0.2, -0.15) is 23.4 Å². The van der Waals surface area contributed by atoms with Crippen molar-refractivity contribution in [3.63, 3.8) is 0 Å². The summed E-state index contributed by atoms with van der Waals surface area (Å²) in [7, 11) is 1.20. The Hall–Kier alpha value is -2.23. The van der Waals surface area contributed by atoms with E-state index in [0.29, 0.717) is 22.3 Å². The Balaban J connectivity index is 1.82. The highest BCUT2D eigenvalue weighted by atomic mass is 35.5. The zero-order valence-corrected chi connectivity index (χ0v) is 17.2. The molecule has 29 heavy (non-hydrogen) atoms. The van der Waals surface area contributed by atoms with E-state index in [1.807, 2.05) is 0 Å². The minimum absolute atomic E-state index is 0.142. The number of carbonyl (C=O) groups is 1. The van der Waals surface area contributed by atoms with Crippen LogP contribution in [0.15, 0.2) is 24.3 Å². The van der Waals surface area contributed by atoms with Crippen molar-refractivity contribution >= 4 is 46.5 Å². The Morgan fingerprint density at radius 2 is 1.86 bits per heavy atom. The molecule has 0 saturated heterocycles. The molecular formula is C17H13Cl3F3N5O. The predicted octanol–water partition coefficient (Wildman–Crippen LogP) is 5.20. The van der Waals surface area contributed by atoms with Gasteiger partial charge < -0.3 is 5.32 Å². The molecule has 1 amide bonds. The highest BCUT2D eigenvalue weighted by molar-refractivity contribution is 6.35. The number of hydrogen-bond acceptors (Lipinski definition) is 3. The van der Waals surface area contributed by atoms with Gasteiger partial charge in [-0.05, 0) is 24.6 Å². The summed E-state index contributed by atoms with van der Waals surface area (Å²) < 4.78 is 41.1. The first-order valence-electron chi connectivity index (χ1n) is 8.06. The number of aromatic nitrogens is 4. The lowest BCUT2D eigenvalue weighted by molar-refractivity contribution is -0.141. The summed E-state index contributed by atoms with van der Waals surface area (Å²) in [5, 5.41) is 10.1. The first-order chi connectivity index (χ1) is 13.5. The molecule has 1 N–H and O–H groups in total. The van der Waals surface area contributed by atoms with E-state index in [-0.39, 0.29) is 5.82 Å². The van der Waals surface area contributed by atoms with Crippen molar-refractivity contribution < 1.29 is 18.0 Å². The van der Waals surface area contributed by atoms with Gasteiger partial charge in [0.25, 0.3) is 5.91 Å². The van der Waals surface area contributed by atoms with Gasteiger partial charge in [0.1, 0.15) is 10.7 Å². The zero-order chi connectivity index (χ0) is 21.5. The number of benzene rings is 1. The first-order valence-corrected chi connectivity index (χ1v) is 9.20. The minimum atomic E-state index is -4.77. The molecule has 0 atom stereocenters. The molecule has 0 saturated carbocycles. The Morgan fingerprint density at radius 1 is 1.17 bits per heavy atom. The highest BCUT2D eigenvalue weighted by Gasteiger charge is 2.39. The van der Waals surface area contributed by atoms with Gasteiger partial charge >= 0.3 is 6.18 Å². The van der Waals surface area contributed by atoms with Gasteiger partial charge in [-0.3, -0.25) is 14.2 Å². The maximum absolute atomic E-state index is 12.9. The molecule has 3 aromatic rings. The lowest BCUT2D eigenvalue weighted by Crippen LogP contribution is -2.17. The Bertz CT molecular complexity index is 1090. The van der Waals surface area contributed by atoms with E-state index in [4.69, 9.17) is 34.8 Å². The SMILES string of the molecule is Cc1cc(NC(=O)c2c(Cl)c(C(F)(F)F)nn2C)nn1Cc1ccc(Cl)cc1Cl. The van der Waals surface area contributed by atoms with Crippen LogP contribution in [0, 0.1) is 6.92 Å². The standard InChI is InChI=1S/C17H13Cl3F3N5O/c1-8-5-12(25-28(8)7-9-3-4-10(18)6-11(9)19)24-16(29)14-13(20)15(17(21,22)23)26-27(14)2/h3-6H,7H2,1-2H3,(H,24,25,29). The largest absolute Gasteiger partial charge is 0.436 e. The maximum Gasteiger partial charge on any atom is 0.436 e. The van der Waals surface area contributed by atoms with E-state index in [9.17, 15) is 18.0 Å². The number of nitrogens with zero attached hydrogens (tertiary/aromatic N) is 4. The quantitative estimate of drug-likeness (QED) is 0.574. The van der Waals surface area contributed by atoms with Crippen LogP contribution < -0.4 is 5.32 Å². The molecule has 0 spiro atoms. The van der Waals surface area contributed by atoms with Gasteiger partial charge in [0.15, 0.2) is 11.5 Å². The van der Waals surface area contributed by atoms with Crippen molar-refractivity contribution in [2.75, 3.05) is 5.32 Å². The van der Waals surface area contributed by atoms with Crippen LogP contribution >= 0.6 is 34.8 Å². The summed E-state index contributed by atoms with van der Waals surface area (Å²) in [6, 6.07) is 6.60. The molecule has 0 aliphatic carbocycles. The van der Waals surface area contributed by atoms with Crippen molar-refractivity contribution in [2.45, 2.75) is 19.6 Å². The van der Waals surface area contributed by atoms with Crippen LogP contribution in [0.4, 0.5) is 19.0 Å². The average molecular weight is 467 g/mol. The number of aryl methyl sites for hydroxylation is 2. The average Bonchev–Trinajstić information content (AvgIpc) is 3.09. The second-order valence-electron chi connectivity index (χ2n) is 6.15. The fraction of sp³-hybridized carbons (Fsp3) is 0.235. The third-order valence-corrected chi connectivity index (χ3v) is 4.98. The third kappa shape index (κ3) is 4.52. The maximum atomic E-state index is 12.9. The number of halogens is 6. The van der Waals surface area contributed by atoms with Crippen molar-refractivity contribution in [3.05, 3.63) is 62.0 Å². The van der Waals surface area contributed by atoms with Crippen molar-refractivity contribution in [2.24, 2.45) is 7.05 Å². The number of amides is 1. The van der Waals surface area contributed by atoms with Crippen LogP contribution in [0.1, 0.15) is 27.4 Å². The second-order valence-corrected chi connectivity index (χ2v) is 7.37. The molecule has 0 fully saturated rings. The number of rotatable bonds is 4. The molecule has 2 aromatic heterocycles. The van der Waals surface area contributed by atoms with E-state index < -0.39 is 28.5 Å². The summed E-state index contributed by atoms with van der Waals surface area (Å²) in [4.78, 5) is 12.5. The minimum Gasteiger partial charge on any atom is -0.304 e. The van der Waals surface area contributed by atoms with Crippen LogP contribution in [0.25, 0.3) is 0 Å².